The van der Waals surface area contributed by atoms with Crippen LogP contribution in [0.1, 0.15) is 39.2 Å². The van der Waals surface area contributed by atoms with Gasteiger partial charge in [0.2, 0.25) is 0 Å². The van der Waals surface area contributed by atoms with Crippen LogP contribution in [0.25, 0.3) is 0 Å². The molecule has 0 aliphatic rings. The number of hydrogen-bond donors (Lipinski definition) is 1. The summed E-state index contributed by atoms with van der Waals surface area (Å²) in [5, 5.41) is 3.40. The molecule has 1 heteroatoms. The van der Waals surface area contributed by atoms with Gasteiger partial charge in [0.05, 0.1) is 0 Å². The Balaban J connectivity index is 0.000000791. The van der Waals surface area contributed by atoms with Gasteiger partial charge in [0.15, 0.2) is 0 Å². The van der Waals surface area contributed by atoms with Gasteiger partial charge in [-0.1, -0.05) is 57.5 Å². The van der Waals surface area contributed by atoms with Crippen LogP contribution in [0, 0.1) is 0 Å². The third kappa shape index (κ3) is 6.67. The Kier molecular flexibility index (Phi) is 9.66. The quantitative estimate of drug-likeness (QED) is 0.704. The molecule has 0 unspecified atom stereocenters. The van der Waals surface area contributed by atoms with E-state index in [1.54, 1.807) is 0 Å². The van der Waals surface area contributed by atoms with E-state index in [0.717, 1.165) is 13.1 Å². The van der Waals surface area contributed by atoms with Crippen LogP contribution in [0.5, 0.6) is 0 Å². The molecular weight excluding hydrogens is 170 g/mol. The molecule has 0 bridgehead atoms. The predicted octanol–water partition coefficient (Wildman–Crippen LogP) is 3.60. The van der Waals surface area contributed by atoms with Gasteiger partial charge in [0.1, 0.15) is 0 Å². The van der Waals surface area contributed by atoms with Gasteiger partial charge in [-0.2, -0.15) is 0 Å². The number of rotatable bonds is 5. The molecule has 0 heterocycles. The zero-order chi connectivity index (χ0) is 10.6. The smallest absolute Gasteiger partial charge is 0.0205 e. The molecule has 1 rings (SSSR count). The molecule has 14 heavy (non-hydrogen) atoms. The van der Waals surface area contributed by atoms with Crippen molar-refractivity contribution in [2.45, 2.75) is 40.2 Å². The van der Waals surface area contributed by atoms with Gasteiger partial charge in [-0.15, -0.1) is 0 Å². The molecule has 0 aromatic heterocycles. The van der Waals surface area contributed by atoms with Crippen LogP contribution < -0.4 is 5.32 Å². The molecule has 0 spiro atoms. The number of unbranched alkanes of at least 4 members (excludes halogenated alkanes) is 1. The van der Waals surface area contributed by atoms with Crippen LogP contribution in [-0.2, 0) is 6.54 Å². The Morgan fingerprint density at radius 3 is 2.29 bits per heavy atom. The fourth-order valence-electron chi connectivity index (χ4n) is 1.13. The van der Waals surface area contributed by atoms with Crippen molar-refractivity contribution in [1.82, 2.24) is 5.32 Å². The highest BCUT2D eigenvalue weighted by molar-refractivity contribution is 5.14. The monoisotopic (exact) mass is 193 g/mol. The zero-order valence-electron chi connectivity index (χ0n) is 9.72. The van der Waals surface area contributed by atoms with Crippen molar-refractivity contribution in [1.29, 1.82) is 0 Å². The molecule has 0 radical (unpaired) electrons. The van der Waals surface area contributed by atoms with E-state index in [0.29, 0.717) is 0 Å². The summed E-state index contributed by atoms with van der Waals surface area (Å²) in [5.41, 5.74) is 1.37. The van der Waals surface area contributed by atoms with Gasteiger partial charge in [0.25, 0.3) is 0 Å². The first kappa shape index (κ1) is 13.2. The van der Waals surface area contributed by atoms with Gasteiger partial charge >= 0.3 is 0 Å². The molecule has 1 aromatic rings. The van der Waals surface area contributed by atoms with Crippen LogP contribution in [0.15, 0.2) is 30.3 Å². The van der Waals surface area contributed by atoms with Crippen molar-refractivity contribution in [3.05, 3.63) is 35.9 Å². The molecule has 0 saturated carbocycles. The van der Waals surface area contributed by atoms with E-state index >= 15 is 0 Å². The largest absolute Gasteiger partial charge is 0.313 e. The molecule has 0 amide bonds. The van der Waals surface area contributed by atoms with Crippen LogP contribution in [0.4, 0.5) is 0 Å². The molecule has 1 aromatic carbocycles. The Morgan fingerprint density at radius 1 is 1.07 bits per heavy atom. The lowest BCUT2D eigenvalue weighted by Crippen LogP contribution is -2.14. The fourth-order valence-corrected chi connectivity index (χ4v) is 1.13. The Labute approximate surface area is 88.5 Å². The van der Waals surface area contributed by atoms with Gasteiger partial charge in [-0.05, 0) is 18.5 Å². The van der Waals surface area contributed by atoms with E-state index in [4.69, 9.17) is 0 Å². The lowest BCUT2D eigenvalue weighted by atomic mass is 10.2. The molecule has 1 nitrogen and oxygen atoms in total. The summed E-state index contributed by atoms with van der Waals surface area (Å²) >= 11 is 0. The molecular formula is C13H23N. The van der Waals surface area contributed by atoms with Crippen LogP contribution in [0.2, 0.25) is 0 Å². The molecule has 1 N–H and O–H groups in total. The number of benzene rings is 1. The molecule has 0 fully saturated rings. The van der Waals surface area contributed by atoms with E-state index in [9.17, 15) is 0 Å². The fraction of sp³-hybridized carbons (Fsp3) is 0.538. The summed E-state index contributed by atoms with van der Waals surface area (Å²) in [6, 6.07) is 10.5. The zero-order valence-corrected chi connectivity index (χ0v) is 9.72. The SMILES string of the molecule is CC.CCCCNCc1ccccc1. The van der Waals surface area contributed by atoms with Crippen molar-refractivity contribution in [3.8, 4) is 0 Å². The van der Waals surface area contributed by atoms with Crippen molar-refractivity contribution >= 4 is 0 Å². The highest BCUT2D eigenvalue weighted by atomic mass is 14.8. The first-order valence-electron chi connectivity index (χ1n) is 5.68. The first-order valence-corrected chi connectivity index (χ1v) is 5.68. The van der Waals surface area contributed by atoms with Crippen molar-refractivity contribution in [2.24, 2.45) is 0 Å². The van der Waals surface area contributed by atoms with E-state index in [1.165, 1.54) is 18.4 Å². The van der Waals surface area contributed by atoms with Crippen molar-refractivity contribution in [3.63, 3.8) is 0 Å². The summed E-state index contributed by atoms with van der Waals surface area (Å²) in [6.45, 7) is 8.34. The number of hydrogen-bond acceptors (Lipinski definition) is 1. The van der Waals surface area contributed by atoms with E-state index < -0.39 is 0 Å². The Hall–Kier alpha value is -0.820. The summed E-state index contributed by atoms with van der Waals surface area (Å²) < 4.78 is 0. The number of nitrogens with one attached hydrogen (secondary N) is 1. The standard InChI is InChI=1S/C11H17N.C2H6/c1-2-3-9-12-10-11-7-5-4-6-8-11;1-2/h4-8,12H,2-3,9-10H2,1H3;1-2H3. The minimum Gasteiger partial charge on any atom is -0.313 e. The predicted molar refractivity (Wildman–Crippen MR) is 64.4 cm³/mol. The average Bonchev–Trinajstić information content (AvgIpc) is 2.29. The van der Waals surface area contributed by atoms with E-state index in [-0.39, 0.29) is 0 Å². The van der Waals surface area contributed by atoms with Crippen LogP contribution in [0.3, 0.4) is 0 Å². The summed E-state index contributed by atoms with van der Waals surface area (Å²) in [6.07, 6.45) is 2.54. The molecule has 0 atom stereocenters. The van der Waals surface area contributed by atoms with Crippen LogP contribution in [-0.4, -0.2) is 6.54 Å². The highest BCUT2D eigenvalue weighted by Gasteiger charge is 1.88. The topological polar surface area (TPSA) is 12.0 Å². The van der Waals surface area contributed by atoms with Crippen molar-refractivity contribution < 1.29 is 0 Å². The molecule has 0 saturated heterocycles. The van der Waals surface area contributed by atoms with Crippen molar-refractivity contribution in [2.75, 3.05) is 6.54 Å². The van der Waals surface area contributed by atoms with Crippen LogP contribution >= 0.6 is 0 Å². The Bertz CT molecular complexity index is 194. The van der Waals surface area contributed by atoms with Gasteiger partial charge in [0, 0.05) is 6.54 Å². The maximum Gasteiger partial charge on any atom is 0.0205 e. The van der Waals surface area contributed by atoms with E-state index in [2.05, 4.69) is 42.6 Å². The summed E-state index contributed by atoms with van der Waals surface area (Å²) in [7, 11) is 0. The molecule has 80 valence electrons. The molecule has 0 aliphatic heterocycles. The maximum absolute atomic E-state index is 3.40. The molecule has 0 aliphatic carbocycles. The van der Waals surface area contributed by atoms with Gasteiger partial charge in [-0.3, -0.25) is 0 Å². The minimum absolute atomic E-state index is 1.00. The van der Waals surface area contributed by atoms with Gasteiger partial charge in [-0.25, -0.2) is 0 Å². The maximum atomic E-state index is 3.40. The second-order valence-corrected chi connectivity index (χ2v) is 3.02. The minimum atomic E-state index is 1.00. The second kappa shape index (κ2) is 10.3. The third-order valence-corrected chi connectivity index (χ3v) is 1.88. The Morgan fingerprint density at radius 2 is 1.71 bits per heavy atom. The first-order chi connectivity index (χ1) is 6.93. The van der Waals surface area contributed by atoms with E-state index in [1.807, 2.05) is 13.8 Å². The third-order valence-electron chi connectivity index (χ3n) is 1.88. The lowest BCUT2D eigenvalue weighted by Gasteiger charge is -2.02. The lowest BCUT2D eigenvalue weighted by molar-refractivity contribution is 0.641. The summed E-state index contributed by atoms with van der Waals surface area (Å²) in [4.78, 5) is 0. The average molecular weight is 193 g/mol. The second-order valence-electron chi connectivity index (χ2n) is 3.02. The van der Waals surface area contributed by atoms with Gasteiger partial charge < -0.3 is 5.32 Å². The summed E-state index contributed by atoms with van der Waals surface area (Å²) in [5.74, 6) is 0. The normalized spacial score (nSPS) is 9.07. The highest BCUT2D eigenvalue weighted by Crippen LogP contribution is 1.97.